The minimum absolute atomic E-state index is 0.166. The maximum absolute atomic E-state index is 12.5. The first kappa shape index (κ1) is 16.6. The Morgan fingerprint density at radius 2 is 1.96 bits per heavy atom. The number of nitrogens with one attached hydrogen (secondary N) is 1. The first-order valence-electron chi connectivity index (χ1n) is 7.56. The first-order valence-corrected chi connectivity index (χ1v) is 7.56. The third kappa shape index (κ3) is 3.64. The molecule has 1 aromatic carbocycles. The third-order valence-corrected chi connectivity index (χ3v) is 4.12. The summed E-state index contributed by atoms with van der Waals surface area (Å²) in [6.07, 6.45) is -3.04. The van der Waals surface area contributed by atoms with Crippen molar-refractivity contribution in [2.75, 3.05) is 20.2 Å². The molecule has 0 unspecified atom stereocenters. The summed E-state index contributed by atoms with van der Waals surface area (Å²) in [6.45, 7) is 1.18. The van der Waals surface area contributed by atoms with Crippen LogP contribution in [0.2, 0.25) is 0 Å². The van der Waals surface area contributed by atoms with Crippen molar-refractivity contribution in [2.45, 2.75) is 25.3 Å². The highest BCUT2D eigenvalue weighted by molar-refractivity contribution is 5.98. The number of nitrogens with zero attached hydrogens (tertiary/aromatic N) is 1. The van der Waals surface area contributed by atoms with Crippen LogP contribution >= 0.6 is 0 Å². The first-order chi connectivity index (χ1) is 11.4. The van der Waals surface area contributed by atoms with Gasteiger partial charge in [-0.1, -0.05) is 0 Å². The molecule has 0 bridgehead atoms. The fourth-order valence-corrected chi connectivity index (χ4v) is 2.88. The van der Waals surface area contributed by atoms with E-state index in [2.05, 4.69) is 9.72 Å². The Morgan fingerprint density at radius 3 is 2.58 bits per heavy atom. The highest BCUT2D eigenvalue weighted by Gasteiger charge is 2.31. The maximum atomic E-state index is 12.5. The molecule has 1 aliphatic rings. The number of rotatable bonds is 3. The molecule has 24 heavy (non-hydrogen) atoms. The number of alkyl halides is 3. The number of carbonyl (C=O) groups is 1. The van der Waals surface area contributed by atoms with E-state index < -0.39 is 6.36 Å². The molecule has 0 radical (unpaired) electrons. The van der Waals surface area contributed by atoms with Gasteiger partial charge in [0, 0.05) is 37.2 Å². The number of methoxy groups -OCH3 is 1. The number of piperidine rings is 1. The summed E-state index contributed by atoms with van der Waals surface area (Å²) in [5.41, 5.74) is 0.775. The molecule has 1 amide bonds. The Morgan fingerprint density at radius 1 is 1.25 bits per heavy atom. The number of H-pyrrole nitrogens is 1. The molecule has 8 heteroatoms. The molecule has 2 aromatic rings. The molecule has 3 rings (SSSR count). The lowest BCUT2D eigenvalue weighted by molar-refractivity contribution is -0.274. The molecule has 1 aromatic heterocycles. The van der Waals surface area contributed by atoms with Gasteiger partial charge in [0.25, 0.3) is 5.91 Å². The molecule has 2 heterocycles. The molecule has 130 valence electrons. The highest BCUT2D eigenvalue weighted by atomic mass is 19.4. The third-order valence-electron chi connectivity index (χ3n) is 4.12. The number of aromatic nitrogens is 1. The molecule has 0 aliphatic carbocycles. The van der Waals surface area contributed by atoms with Crippen LogP contribution in [0.5, 0.6) is 5.75 Å². The van der Waals surface area contributed by atoms with Crippen molar-refractivity contribution in [2.24, 2.45) is 0 Å². The number of aromatic amines is 1. The van der Waals surface area contributed by atoms with Crippen molar-refractivity contribution in [3.05, 3.63) is 30.0 Å². The molecule has 1 N–H and O–H groups in total. The minimum atomic E-state index is -4.75. The molecule has 1 aliphatic heterocycles. The van der Waals surface area contributed by atoms with Crippen LogP contribution < -0.4 is 4.74 Å². The Balaban J connectivity index is 1.76. The number of halogens is 3. The largest absolute Gasteiger partial charge is 0.573 e. The van der Waals surface area contributed by atoms with E-state index in [9.17, 15) is 18.0 Å². The van der Waals surface area contributed by atoms with Crippen molar-refractivity contribution < 1.29 is 27.4 Å². The summed E-state index contributed by atoms with van der Waals surface area (Å²) < 4.78 is 46.0. The second-order valence-electron chi connectivity index (χ2n) is 5.71. The van der Waals surface area contributed by atoms with Gasteiger partial charge < -0.3 is 19.4 Å². The number of hydrogen-bond acceptors (Lipinski definition) is 3. The van der Waals surface area contributed by atoms with Crippen LogP contribution in [0.25, 0.3) is 10.9 Å². The molecule has 1 saturated heterocycles. The standard InChI is InChI=1S/C16H17F3N2O3/c1-23-11-4-6-21(7-5-11)15(22)14-8-10-2-3-12(9-13(10)20-14)24-16(17,18)19/h2-3,8-9,11,20H,4-7H2,1H3. The van der Waals surface area contributed by atoms with Crippen LogP contribution in [0.15, 0.2) is 24.3 Å². The number of likely N-dealkylation sites (tertiary alicyclic amines) is 1. The van der Waals surface area contributed by atoms with Crippen LogP contribution in [0, 0.1) is 0 Å². The lowest BCUT2D eigenvalue weighted by Crippen LogP contribution is -2.40. The molecule has 1 fully saturated rings. The smallest absolute Gasteiger partial charge is 0.406 e. The Hall–Kier alpha value is -2.22. The van der Waals surface area contributed by atoms with Gasteiger partial charge in [0.05, 0.1) is 6.10 Å². The Kier molecular flexibility index (Phi) is 4.40. The number of hydrogen-bond donors (Lipinski definition) is 1. The monoisotopic (exact) mass is 342 g/mol. The zero-order chi connectivity index (χ0) is 17.3. The number of ether oxygens (including phenoxy) is 2. The van der Waals surface area contributed by atoms with Crippen LogP contribution in [-0.2, 0) is 4.74 Å². The molecular formula is C16H17F3N2O3. The lowest BCUT2D eigenvalue weighted by atomic mass is 10.1. The second kappa shape index (κ2) is 6.35. The van der Waals surface area contributed by atoms with Crippen LogP contribution in [-0.4, -0.2) is 48.5 Å². The molecule has 0 saturated carbocycles. The van der Waals surface area contributed by atoms with E-state index >= 15 is 0 Å². The minimum Gasteiger partial charge on any atom is -0.406 e. The topological polar surface area (TPSA) is 54.6 Å². The van der Waals surface area contributed by atoms with E-state index in [4.69, 9.17) is 4.74 Å². The van der Waals surface area contributed by atoms with Gasteiger partial charge in [-0.15, -0.1) is 13.2 Å². The van der Waals surface area contributed by atoms with E-state index in [1.54, 1.807) is 18.1 Å². The van der Waals surface area contributed by atoms with E-state index in [1.807, 2.05) is 0 Å². The molecule has 5 nitrogen and oxygen atoms in total. The van der Waals surface area contributed by atoms with Gasteiger partial charge in [-0.25, -0.2) is 0 Å². The van der Waals surface area contributed by atoms with E-state index in [0.29, 0.717) is 29.7 Å². The van der Waals surface area contributed by atoms with E-state index in [-0.39, 0.29) is 17.8 Å². The normalized spacial score (nSPS) is 16.6. The predicted molar refractivity (Wildman–Crippen MR) is 80.9 cm³/mol. The van der Waals surface area contributed by atoms with Gasteiger partial charge >= 0.3 is 6.36 Å². The second-order valence-corrected chi connectivity index (χ2v) is 5.71. The van der Waals surface area contributed by atoms with Gasteiger partial charge in [0.1, 0.15) is 11.4 Å². The zero-order valence-corrected chi connectivity index (χ0v) is 13.0. The average Bonchev–Trinajstić information content (AvgIpc) is 2.96. The highest BCUT2D eigenvalue weighted by Crippen LogP contribution is 2.27. The SMILES string of the molecule is COC1CCN(C(=O)c2cc3ccc(OC(F)(F)F)cc3[nH]2)CC1. The summed E-state index contributed by atoms with van der Waals surface area (Å²) in [4.78, 5) is 17.1. The molecular weight excluding hydrogens is 325 g/mol. The van der Waals surface area contributed by atoms with Gasteiger partial charge in [-0.05, 0) is 31.0 Å². The fraction of sp³-hybridized carbons (Fsp3) is 0.438. The Labute approximate surface area is 136 Å². The fourth-order valence-electron chi connectivity index (χ4n) is 2.88. The lowest BCUT2D eigenvalue weighted by Gasteiger charge is -2.30. The van der Waals surface area contributed by atoms with Gasteiger partial charge in [0.15, 0.2) is 0 Å². The van der Waals surface area contributed by atoms with Crippen LogP contribution in [0.4, 0.5) is 13.2 Å². The van der Waals surface area contributed by atoms with E-state index in [1.165, 1.54) is 18.2 Å². The predicted octanol–water partition coefficient (Wildman–Crippen LogP) is 3.32. The number of fused-ring (bicyclic) bond motifs is 1. The summed E-state index contributed by atoms with van der Waals surface area (Å²) in [5.74, 6) is -0.490. The summed E-state index contributed by atoms with van der Waals surface area (Å²) in [7, 11) is 1.65. The van der Waals surface area contributed by atoms with Crippen molar-refractivity contribution in [3.63, 3.8) is 0 Å². The molecule has 0 atom stereocenters. The van der Waals surface area contributed by atoms with Crippen molar-refractivity contribution in [3.8, 4) is 5.75 Å². The molecule has 0 spiro atoms. The van der Waals surface area contributed by atoms with Crippen LogP contribution in [0.3, 0.4) is 0 Å². The average molecular weight is 342 g/mol. The number of carbonyl (C=O) groups excluding carboxylic acids is 1. The maximum Gasteiger partial charge on any atom is 0.573 e. The summed E-state index contributed by atoms with van der Waals surface area (Å²) >= 11 is 0. The van der Waals surface area contributed by atoms with Gasteiger partial charge in [0.2, 0.25) is 0 Å². The van der Waals surface area contributed by atoms with Crippen molar-refractivity contribution in [1.29, 1.82) is 0 Å². The van der Waals surface area contributed by atoms with Gasteiger partial charge in [-0.3, -0.25) is 4.79 Å². The summed E-state index contributed by atoms with van der Waals surface area (Å²) in [5, 5.41) is 0.652. The van der Waals surface area contributed by atoms with Crippen molar-refractivity contribution in [1.82, 2.24) is 9.88 Å². The zero-order valence-electron chi connectivity index (χ0n) is 13.0. The van der Waals surface area contributed by atoms with Crippen LogP contribution in [0.1, 0.15) is 23.3 Å². The Bertz CT molecular complexity index is 734. The summed E-state index contributed by atoms with van der Waals surface area (Å²) in [6, 6.07) is 5.58. The quantitative estimate of drug-likeness (QED) is 0.931. The number of amides is 1. The van der Waals surface area contributed by atoms with Crippen molar-refractivity contribution >= 4 is 16.8 Å². The number of benzene rings is 1. The van der Waals surface area contributed by atoms with Gasteiger partial charge in [-0.2, -0.15) is 0 Å². The van der Waals surface area contributed by atoms with E-state index in [0.717, 1.165) is 12.8 Å².